The molecule has 3 rings (SSSR count). The Morgan fingerprint density at radius 3 is 2.70 bits per heavy atom. The van der Waals surface area contributed by atoms with E-state index in [0.717, 1.165) is 5.82 Å². The second-order valence-corrected chi connectivity index (χ2v) is 6.49. The lowest BCUT2D eigenvalue weighted by atomic mass is 10.1. The van der Waals surface area contributed by atoms with Crippen molar-refractivity contribution in [1.82, 2.24) is 9.88 Å². The number of carbonyl (C=O) groups is 2. The molecule has 0 aromatic carbocycles. The molecule has 0 bridgehead atoms. The maximum Gasteiger partial charge on any atom is 0.414 e. The van der Waals surface area contributed by atoms with E-state index in [0.29, 0.717) is 45.0 Å². The van der Waals surface area contributed by atoms with Gasteiger partial charge in [-0.3, -0.25) is 9.69 Å². The second-order valence-electron chi connectivity index (χ2n) is 6.49. The van der Waals surface area contributed by atoms with Crippen molar-refractivity contribution in [3.05, 3.63) is 18.3 Å². The van der Waals surface area contributed by atoms with E-state index in [2.05, 4.69) is 9.88 Å². The molecular weight excluding hydrogens is 352 g/mol. The lowest BCUT2D eigenvalue weighted by Gasteiger charge is -2.34. The van der Waals surface area contributed by atoms with Crippen LogP contribution in [0.3, 0.4) is 0 Å². The number of cyclic esters (lactones) is 1. The number of piperazine rings is 1. The summed E-state index contributed by atoms with van der Waals surface area (Å²) in [7, 11) is 0. The fourth-order valence-electron chi connectivity index (χ4n) is 3.09. The van der Waals surface area contributed by atoms with Crippen LogP contribution >= 0.6 is 0 Å². The first-order valence-electron chi connectivity index (χ1n) is 9.02. The Morgan fingerprint density at radius 2 is 2.11 bits per heavy atom. The largest absolute Gasteiger partial charge is 0.450 e. The maximum atomic E-state index is 12.0. The summed E-state index contributed by atoms with van der Waals surface area (Å²) in [4.78, 5) is 44.2. The number of anilines is 2. The minimum Gasteiger partial charge on any atom is -0.450 e. The number of aromatic nitrogens is 1. The fourth-order valence-corrected chi connectivity index (χ4v) is 3.09. The smallest absolute Gasteiger partial charge is 0.414 e. The number of amides is 2. The van der Waals surface area contributed by atoms with Crippen molar-refractivity contribution >= 4 is 30.0 Å². The van der Waals surface area contributed by atoms with Crippen molar-refractivity contribution in [2.24, 2.45) is 5.92 Å². The number of ether oxygens (including phenoxy) is 2. The summed E-state index contributed by atoms with van der Waals surface area (Å²) in [6, 6.07) is 3.64. The first kappa shape index (κ1) is 18.9. The zero-order chi connectivity index (χ0) is 19.4. The summed E-state index contributed by atoms with van der Waals surface area (Å²) >= 11 is 0. The zero-order valence-electron chi connectivity index (χ0n) is 15.5. The minimum absolute atomic E-state index is 0.288. The zero-order valence-corrected chi connectivity index (χ0v) is 15.5. The second kappa shape index (κ2) is 8.24. The molecule has 2 saturated heterocycles. The van der Waals surface area contributed by atoms with Crippen LogP contribution in [0.5, 0.6) is 0 Å². The molecule has 2 aliphatic heterocycles. The van der Waals surface area contributed by atoms with Crippen LogP contribution in [0.2, 0.25) is 0 Å². The van der Waals surface area contributed by atoms with Gasteiger partial charge in [-0.1, -0.05) is 6.92 Å². The Kier molecular flexibility index (Phi) is 5.78. The minimum atomic E-state index is -0.495. The Hall–Kier alpha value is -2.84. The first-order chi connectivity index (χ1) is 13.0. The van der Waals surface area contributed by atoms with Gasteiger partial charge in [-0.25, -0.2) is 14.6 Å². The number of nitrogens with zero attached hydrogens (tertiary/aromatic N) is 4. The molecule has 1 aromatic rings. The highest BCUT2D eigenvalue weighted by Crippen LogP contribution is 2.25. The summed E-state index contributed by atoms with van der Waals surface area (Å²) < 4.78 is 10.2. The quantitative estimate of drug-likeness (QED) is 0.769. The van der Waals surface area contributed by atoms with Crippen LogP contribution < -0.4 is 9.80 Å². The molecule has 2 unspecified atom stereocenters. The van der Waals surface area contributed by atoms with Gasteiger partial charge in [0.2, 0.25) is 6.29 Å². The third-order valence-electron chi connectivity index (χ3n) is 4.75. The van der Waals surface area contributed by atoms with Gasteiger partial charge in [0.25, 0.3) is 0 Å². The predicted molar refractivity (Wildman–Crippen MR) is 97.5 cm³/mol. The highest BCUT2D eigenvalue weighted by atomic mass is 16.6. The highest BCUT2D eigenvalue weighted by molar-refractivity contribution is 5.90. The molecular formula is C18H23N4O5. The van der Waals surface area contributed by atoms with Crippen molar-refractivity contribution in [1.29, 1.82) is 0 Å². The maximum absolute atomic E-state index is 12.0. The van der Waals surface area contributed by atoms with Gasteiger partial charge in [-0.05, 0) is 19.1 Å². The molecule has 0 spiro atoms. The van der Waals surface area contributed by atoms with Gasteiger partial charge >= 0.3 is 12.2 Å². The molecule has 2 atom stereocenters. The van der Waals surface area contributed by atoms with E-state index in [1.807, 2.05) is 12.4 Å². The average Bonchev–Trinajstić information content (AvgIpc) is 3.09. The Labute approximate surface area is 157 Å². The molecule has 1 radical (unpaired) electrons. The lowest BCUT2D eigenvalue weighted by Crippen LogP contribution is -2.49. The summed E-state index contributed by atoms with van der Waals surface area (Å²) in [5, 5.41) is 0. The van der Waals surface area contributed by atoms with E-state index in [1.54, 1.807) is 31.0 Å². The normalized spacial score (nSPS) is 21.0. The van der Waals surface area contributed by atoms with Gasteiger partial charge in [0, 0.05) is 26.2 Å². The number of pyridine rings is 1. The van der Waals surface area contributed by atoms with E-state index in [-0.39, 0.29) is 6.09 Å². The molecule has 2 amide bonds. The number of hydrogen-bond donors (Lipinski definition) is 0. The fraction of sp³-hybridized carbons (Fsp3) is 0.556. The highest BCUT2D eigenvalue weighted by Gasteiger charge is 2.36. The number of hydrogen-bond acceptors (Lipinski definition) is 7. The van der Waals surface area contributed by atoms with Gasteiger partial charge in [0.05, 0.1) is 31.0 Å². The van der Waals surface area contributed by atoms with Crippen molar-refractivity contribution in [3.63, 3.8) is 0 Å². The Balaban J connectivity index is 1.59. The van der Waals surface area contributed by atoms with Crippen LogP contribution in [0, 0.1) is 5.92 Å². The van der Waals surface area contributed by atoms with Crippen molar-refractivity contribution in [3.8, 4) is 0 Å². The lowest BCUT2D eigenvalue weighted by molar-refractivity contribution is 0.105. The third kappa shape index (κ3) is 4.12. The van der Waals surface area contributed by atoms with Crippen LogP contribution in [0.25, 0.3) is 0 Å². The molecule has 2 fully saturated rings. The van der Waals surface area contributed by atoms with Gasteiger partial charge in [-0.2, -0.15) is 0 Å². The van der Waals surface area contributed by atoms with E-state index < -0.39 is 18.1 Å². The summed E-state index contributed by atoms with van der Waals surface area (Å²) in [6.45, 7) is 6.59. The van der Waals surface area contributed by atoms with Crippen LogP contribution in [-0.2, 0) is 14.3 Å². The summed E-state index contributed by atoms with van der Waals surface area (Å²) in [5.41, 5.74) is 0.620. The molecule has 9 heteroatoms. The van der Waals surface area contributed by atoms with E-state index in [9.17, 15) is 14.4 Å². The molecule has 0 saturated carbocycles. The monoisotopic (exact) mass is 375 g/mol. The molecule has 0 aliphatic carbocycles. The van der Waals surface area contributed by atoms with E-state index >= 15 is 0 Å². The van der Waals surface area contributed by atoms with Crippen LogP contribution in [0.1, 0.15) is 13.8 Å². The number of rotatable bonds is 5. The molecule has 1 aromatic heterocycles. The number of carbonyl (C=O) groups excluding carboxylic acids is 3. The first-order valence-corrected chi connectivity index (χ1v) is 9.02. The topological polar surface area (TPSA) is 92.3 Å². The molecule has 27 heavy (non-hydrogen) atoms. The molecule has 2 aliphatic rings. The van der Waals surface area contributed by atoms with Gasteiger partial charge in [-0.15, -0.1) is 0 Å². The van der Waals surface area contributed by atoms with Gasteiger partial charge < -0.3 is 19.3 Å². The SMILES string of the molecule is CCOC(=O)N1CCN(c2ccc(N3CC(C(C)[C]=O)OC3=O)cn2)CC1. The Bertz CT molecular complexity index is 687. The molecule has 0 N–H and O–H groups in total. The molecule has 145 valence electrons. The predicted octanol–water partition coefficient (Wildman–Crippen LogP) is 1.43. The van der Waals surface area contributed by atoms with Gasteiger partial charge in [0.1, 0.15) is 11.9 Å². The van der Waals surface area contributed by atoms with Crippen molar-refractivity contribution in [2.75, 3.05) is 49.1 Å². The van der Waals surface area contributed by atoms with E-state index in [1.165, 1.54) is 4.90 Å². The van der Waals surface area contributed by atoms with E-state index in [4.69, 9.17) is 9.47 Å². The van der Waals surface area contributed by atoms with Crippen molar-refractivity contribution in [2.45, 2.75) is 20.0 Å². The van der Waals surface area contributed by atoms with Gasteiger partial charge in [0.15, 0.2) is 0 Å². The molecule has 9 nitrogen and oxygen atoms in total. The average molecular weight is 375 g/mol. The van der Waals surface area contributed by atoms with Crippen molar-refractivity contribution < 1.29 is 23.9 Å². The Morgan fingerprint density at radius 1 is 1.37 bits per heavy atom. The summed E-state index contributed by atoms with van der Waals surface area (Å²) in [5.74, 6) is 0.308. The third-order valence-corrected chi connectivity index (χ3v) is 4.75. The standard InChI is InChI=1S/C18H23N4O5/c1-3-26-17(24)21-8-6-20(7-9-21)16-5-4-14(10-19-16)22-11-15(13(2)12-23)27-18(22)25/h4-5,10,13,15H,3,6-9,11H2,1-2H3. The summed E-state index contributed by atoms with van der Waals surface area (Å²) in [6.07, 6.45) is 2.21. The van der Waals surface area contributed by atoms with Crippen LogP contribution in [0.15, 0.2) is 18.3 Å². The molecule has 3 heterocycles. The van der Waals surface area contributed by atoms with Crippen LogP contribution in [0.4, 0.5) is 21.1 Å². The van der Waals surface area contributed by atoms with Crippen LogP contribution in [-0.4, -0.2) is 73.8 Å².